The molecular formula is C16H19ClN4O2. The number of halogens is 1. The predicted molar refractivity (Wildman–Crippen MR) is 89.3 cm³/mol. The Balaban J connectivity index is 1.64. The van der Waals surface area contributed by atoms with Gasteiger partial charge in [-0.05, 0) is 24.3 Å². The van der Waals surface area contributed by atoms with E-state index in [9.17, 15) is 4.79 Å². The van der Waals surface area contributed by atoms with Crippen molar-refractivity contribution in [2.75, 3.05) is 38.2 Å². The summed E-state index contributed by atoms with van der Waals surface area (Å²) in [6.45, 7) is 2.91. The second-order valence-electron chi connectivity index (χ2n) is 5.45. The average Bonchev–Trinajstić information content (AvgIpc) is 2.96. The van der Waals surface area contributed by atoms with Gasteiger partial charge < -0.3 is 14.5 Å². The number of carbonyl (C=O) groups is 1. The van der Waals surface area contributed by atoms with Gasteiger partial charge in [0, 0.05) is 50.0 Å². The van der Waals surface area contributed by atoms with Gasteiger partial charge in [0.05, 0.1) is 7.11 Å². The van der Waals surface area contributed by atoms with Gasteiger partial charge in [0.2, 0.25) is 5.88 Å². The number of nitrogens with zero attached hydrogens (tertiary/aromatic N) is 4. The molecule has 0 bridgehead atoms. The summed E-state index contributed by atoms with van der Waals surface area (Å²) in [6, 6.07) is 9.45. The van der Waals surface area contributed by atoms with Crippen molar-refractivity contribution in [3.05, 3.63) is 41.0 Å². The average molecular weight is 335 g/mol. The largest absolute Gasteiger partial charge is 0.481 e. The normalized spacial score (nSPS) is 14.9. The van der Waals surface area contributed by atoms with Gasteiger partial charge in [-0.2, -0.15) is 5.10 Å². The third kappa shape index (κ3) is 3.27. The van der Waals surface area contributed by atoms with Crippen LogP contribution in [0.5, 0.6) is 5.88 Å². The number of benzene rings is 1. The molecular weight excluding hydrogens is 316 g/mol. The zero-order valence-corrected chi connectivity index (χ0v) is 14.0. The van der Waals surface area contributed by atoms with E-state index in [0.29, 0.717) is 24.7 Å². The van der Waals surface area contributed by atoms with Crippen LogP contribution in [0.3, 0.4) is 0 Å². The number of aryl methyl sites for hydroxylation is 1. The van der Waals surface area contributed by atoms with Crippen LogP contribution in [0.2, 0.25) is 5.02 Å². The molecule has 3 rings (SSSR count). The minimum absolute atomic E-state index is 0.0559. The summed E-state index contributed by atoms with van der Waals surface area (Å²) in [5, 5.41) is 4.94. The van der Waals surface area contributed by atoms with Gasteiger partial charge in [-0.3, -0.25) is 4.79 Å². The number of ether oxygens (including phenoxy) is 1. The number of hydrogen-bond donors (Lipinski definition) is 0. The molecule has 0 spiro atoms. The Labute approximate surface area is 140 Å². The number of anilines is 1. The van der Waals surface area contributed by atoms with Gasteiger partial charge in [0.1, 0.15) is 0 Å². The monoisotopic (exact) mass is 334 g/mol. The first-order valence-corrected chi connectivity index (χ1v) is 7.84. The van der Waals surface area contributed by atoms with E-state index in [1.165, 1.54) is 0 Å². The van der Waals surface area contributed by atoms with Crippen molar-refractivity contribution >= 4 is 23.2 Å². The number of carbonyl (C=O) groups excluding carboxylic acids is 1. The van der Waals surface area contributed by atoms with E-state index >= 15 is 0 Å². The standard InChI is InChI=1S/C16H19ClN4O2/c1-19-15(23-2)11-14(18-19)16(22)21-9-7-20(8-10-21)13-5-3-12(17)4-6-13/h3-6,11H,7-10H2,1-2H3. The molecule has 2 heterocycles. The lowest BCUT2D eigenvalue weighted by Gasteiger charge is -2.35. The van der Waals surface area contributed by atoms with E-state index < -0.39 is 0 Å². The molecule has 1 aliphatic heterocycles. The fourth-order valence-corrected chi connectivity index (χ4v) is 2.85. The van der Waals surface area contributed by atoms with Crippen molar-refractivity contribution in [1.82, 2.24) is 14.7 Å². The third-order valence-electron chi connectivity index (χ3n) is 4.02. The SMILES string of the molecule is COc1cc(C(=O)N2CCN(c3ccc(Cl)cc3)CC2)nn1C. The predicted octanol–water partition coefficient (Wildman–Crippen LogP) is 2.04. The van der Waals surface area contributed by atoms with Crippen LogP contribution >= 0.6 is 11.6 Å². The molecule has 1 fully saturated rings. The zero-order chi connectivity index (χ0) is 16.4. The van der Waals surface area contributed by atoms with Gasteiger partial charge in [-0.1, -0.05) is 11.6 Å². The fraction of sp³-hybridized carbons (Fsp3) is 0.375. The highest BCUT2D eigenvalue weighted by Gasteiger charge is 2.24. The lowest BCUT2D eigenvalue weighted by molar-refractivity contribution is 0.0740. The van der Waals surface area contributed by atoms with Gasteiger partial charge in [0.25, 0.3) is 5.91 Å². The van der Waals surface area contributed by atoms with Crippen LogP contribution in [0.4, 0.5) is 5.69 Å². The Kier molecular flexibility index (Phi) is 4.43. The second kappa shape index (κ2) is 6.50. The van der Waals surface area contributed by atoms with Crippen molar-refractivity contribution in [1.29, 1.82) is 0 Å². The van der Waals surface area contributed by atoms with Crippen LogP contribution in [0.25, 0.3) is 0 Å². The molecule has 1 aromatic carbocycles. The Morgan fingerprint density at radius 2 is 1.83 bits per heavy atom. The van der Waals surface area contributed by atoms with E-state index in [-0.39, 0.29) is 5.91 Å². The molecule has 1 saturated heterocycles. The van der Waals surface area contributed by atoms with Gasteiger partial charge in [-0.25, -0.2) is 4.68 Å². The Morgan fingerprint density at radius 1 is 1.17 bits per heavy atom. The van der Waals surface area contributed by atoms with Crippen LogP contribution in [-0.4, -0.2) is 53.9 Å². The Hall–Kier alpha value is -2.21. The van der Waals surface area contributed by atoms with E-state index in [1.807, 2.05) is 29.2 Å². The Morgan fingerprint density at radius 3 is 2.39 bits per heavy atom. The lowest BCUT2D eigenvalue weighted by atomic mass is 10.2. The molecule has 6 nitrogen and oxygen atoms in total. The molecule has 0 atom stereocenters. The minimum Gasteiger partial charge on any atom is -0.481 e. The van der Waals surface area contributed by atoms with E-state index in [1.54, 1.807) is 24.9 Å². The molecule has 0 radical (unpaired) electrons. The topological polar surface area (TPSA) is 50.6 Å². The number of methoxy groups -OCH3 is 1. The summed E-state index contributed by atoms with van der Waals surface area (Å²) in [5.74, 6) is 0.521. The quantitative estimate of drug-likeness (QED) is 0.862. The summed E-state index contributed by atoms with van der Waals surface area (Å²) < 4.78 is 6.73. The Bertz CT molecular complexity index is 691. The first-order chi connectivity index (χ1) is 11.1. The maximum absolute atomic E-state index is 12.5. The molecule has 0 saturated carbocycles. The van der Waals surface area contributed by atoms with Gasteiger partial charge in [-0.15, -0.1) is 0 Å². The van der Waals surface area contributed by atoms with Crippen LogP contribution in [0, 0.1) is 0 Å². The molecule has 1 aliphatic rings. The summed E-state index contributed by atoms with van der Waals surface area (Å²) in [5.41, 5.74) is 1.55. The summed E-state index contributed by atoms with van der Waals surface area (Å²) in [4.78, 5) is 16.6. The first-order valence-electron chi connectivity index (χ1n) is 7.46. The maximum atomic E-state index is 12.5. The first kappa shape index (κ1) is 15.7. The molecule has 1 amide bonds. The van der Waals surface area contributed by atoms with Crippen LogP contribution in [-0.2, 0) is 7.05 Å². The summed E-state index contributed by atoms with van der Waals surface area (Å²) in [7, 11) is 3.32. The third-order valence-corrected chi connectivity index (χ3v) is 4.28. The second-order valence-corrected chi connectivity index (χ2v) is 5.89. The number of hydrogen-bond acceptors (Lipinski definition) is 4. The number of piperazine rings is 1. The molecule has 23 heavy (non-hydrogen) atoms. The molecule has 2 aromatic rings. The zero-order valence-electron chi connectivity index (χ0n) is 13.2. The van der Waals surface area contributed by atoms with Gasteiger partial charge in [0.15, 0.2) is 5.69 Å². The minimum atomic E-state index is -0.0559. The summed E-state index contributed by atoms with van der Waals surface area (Å²) in [6.07, 6.45) is 0. The molecule has 0 unspecified atom stereocenters. The molecule has 1 aromatic heterocycles. The van der Waals surface area contributed by atoms with Crippen molar-refractivity contribution in [3.8, 4) is 5.88 Å². The summed E-state index contributed by atoms with van der Waals surface area (Å²) >= 11 is 5.92. The smallest absolute Gasteiger partial charge is 0.274 e. The molecule has 122 valence electrons. The lowest BCUT2D eigenvalue weighted by Crippen LogP contribution is -2.48. The highest BCUT2D eigenvalue weighted by Crippen LogP contribution is 2.20. The van der Waals surface area contributed by atoms with E-state index in [4.69, 9.17) is 16.3 Å². The van der Waals surface area contributed by atoms with Crippen molar-refractivity contribution in [2.24, 2.45) is 7.05 Å². The van der Waals surface area contributed by atoms with Crippen molar-refractivity contribution in [2.45, 2.75) is 0 Å². The van der Waals surface area contributed by atoms with Gasteiger partial charge >= 0.3 is 0 Å². The number of rotatable bonds is 3. The fourth-order valence-electron chi connectivity index (χ4n) is 2.73. The van der Waals surface area contributed by atoms with E-state index in [2.05, 4.69) is 10.00 Å². The van der Waals surface area contributed by atoms with Crippen molar-refractivity contribution < 1.29 is 9.53 Å². The van der Waals surface area contributed by atoms with Crippen LogP contribution in [0.15, 0.2) is 30.3 Å². The van der Waals surface area contributed by atoms with Crippen molar-refractivity contribution in [3.63, 3.8) is 0 Å². The molecule has 0 N–H and O–H groups in total. The number of aromatic nitrogens is 2. The van der Waals surface area contributed by atoms with Crippen LogP contribution < -0.4 is 9.64 Å². The van der Waals surface area contributed by atoms with Crippen LogP contribution in [0.1, 0.15) is 10.5 Å². The maximum Gasteiger partial charge on any atom is 0.274 e. The number of amides is 1. The van der Waals surface area contributed by atoms with E-state index in [0.717, 1.165) is 23.8 Å². The highest BCUT2D eigenvalue weighted by molar-refractivity contribution is 6.30. The molecule has 0 aliphatic carbocycles. The highest BCUT2D eigenvalue weighted by atomic mass is 35.5. The molecule has 7 heteroatoms.